The number of aliphatic hydroxyl groups is 2. The van der Waals surface area contributed by atoms with E-state index in [0.29, 0.717) is 0 Å². The summed E-state index contributed by atoms with van der Waals surface area (Å²) in [7, 11) is -3.87. The summed E-state index contributed by atoms with van der Waals surface area (Å²) in [5.74, 6) is 0. The van der Waals surface area contributed by atoms with Crippen molar-refractivity contribution in [2.24, 2.45) is 5.14 Å². The molecule has 0 amide bonds. The molecular weight excluding hydrogens is 232 g/mol. The fourth-order valence-electron chi connectivity index (χ4n) is 1.13. The van der Waals surface area contributed by atoms with E-state index in [1.165, 1.54) is 24.3 Å². The fraction of sp³-hybridized carbons (Fsp3) is 0.222. The Kier molecular flexibility index (Phi) is 3.62. The van der Waals surface area contributed by atoms with E-state index in [-0.39, 0.29) is 10.5 Å². The van der Waals surface area contributed by atoms with Gasteiger partial charge in [-0.05, 0) is 17.7 Å². The van der Waals surface area contributed by atoms with Crippen molar-refractivity contribution in [3.8, 4) is 6.07 Å². The van der Waals surface area contributed by atoms with Gasteiger partial charge in [-0.3, -0.25) is 0 Å². The normalized spacial score (nSPS) is 15.1. The van der Waals surface area contributed by atoms with Crippen LogP contribution < -0.4 is 5.14 Å². The molecule has 6 nitrogen and oxygen atoms in total. The lowest BCUT2D eigenvalue weighted by molar-refractivity contribution is 0.0526. The Labute approximate surface area is 92.6 Å². The predicted octanol–water partition coefficient (Wildman–Crippen LogP) is -0.748. The number of hydrogen-bond donors (Lipinski definition) is 3. The fourth-order valence-corrected chi connectivity index (χ4v) is 1.70. The van der Waals surface area contributed by atoms with Gasteiger partial charge < -0.3 is 10.2 Å². The van der Waals surface area contributed by atoms with E-state index in [2.05, 4.69) is 0 Å². The molecule has 0 heterocycles. The van der Waals surface area contributed by atoms with Gasteiger partial charge in [0.15, 0.2) is 6.10 Å². The molecule has 0 radical (unpaired) electrons. The highest BCUT2D eigenvalue weighted by Gasteiger charge is 2.19. The van der Waals surface area contributed by atoms with Crippen LogP contribution in [0.2, 0.25) is 0 Å². The second-order valence-electron chi connectivity index (χ2n) is 3.14. The molecule has 4 N–H and O–H groups in total. The number of nitrogens with two attached hydrogens (primary N) is 1. The van der Waals surface area contributed by atoms with Gasteiger partial charge in [0.1, 0.15) is 6.10 Å². The van der Waals surface area contributed by atoms with Gasteiger partial charge in [0.05, 0.1) is 11.0 Å². The number of aliphatic hydroxyl groups excluding tert-OH is 2. The van der Waals surface area contributed by atoms with Gasteiger partial charge in [0.25, 0.3) is 0 Å². The lowest BCUT2D eigenvalue weighted by Gasteiger charge is -2.12. The van der Waals surface area contributed by atoms with Crippen molar-refractivity contribution in [1.29, 1.82) is 5.26 Å². The van der Waals surface area contributed by atoms with Crippen LogP contribution in [-0.4, -0.2) is 24.7 Å². The lowest BCUT2D eigenvalue weighted by atomic mass is 10.1. The number of hydrogen-bond acceptors (Lipinski definition) is 5. The van der Waals surface area contributed by atoms with Crippen LogP contribution in [0.1, 0.15) is 11.7 Å². The summed E-state index contributed by atoms with van der Waals surface area (Å²) in [6, 6.07) is 6.56. The van der Waals surface area contributed by atoms with Crippen LogP contribution in [0.3, 0.4) is 0 Å². The monoisotopic (exact) mass is 242 g/mol. The molecule has 7 heteroatoms. The minimum absolute atomic E-state index is 0.112. The number of rotatable bonds is 3. The second kappa shape index (κ2) is 4.59. The Bertz CT molecular complexity index is 521. The Morgan fingerprint density at radius 2 is 2.00 bits per heavy atom. The van der Waals surface area contributed by atoms with Crippen LogP contribution in [-0.2, 0) is 10.0 Å². The summed E-state index contributed by atoms with van der Waals surface area (Å²) >= 11 is 0. The molecule has 2 unspecified atom stereocenters. The first-order chi connectivity index (χ1) is 7.36. The van der Waals surface area contributed by atoms with Gasteiger partial charge in [-0.25, -0.2) is 13.6 Å². The molecule has 0 fully saturated rings. The zero-order chi connectivity index (χ0) is 12.3. The first-order valence-electron chi connectivity index (χ1n) is 4.25. The van der Waals surface area contributed by atoms with Crippen molar-refractivity contribution in [1.82, 2.24) is 0 Å². The summed E-state index contributed by atoms with van der Waals surface area (Å²) < 4.78 is 22.0. The highest BCUT2D eigenvalue weighted by Crippen LogP contribution is 2.19. The third kappa shape index (κ3) is 2.77. The molecule has 0 aromatic heterocycles. The maximum atomic E-state index is 11.0. The highest BCUT2D eigenvalue weighted by molar-refractivity contribution is 7.89. The van der Waals surface area contributed by atoms with E-state index in [4.69, 9.17) is 15.5 Å². The quantitative estimate of drug-likeness (QED) is 0.601. The molecule has 0 aliphatic rings. The third-order valence-electron chi connectivity index (χ3n) is 1.96. The first kappa shape index (κ1) is 12.6. The van der Waals surface area contributed by atoms with Gasteiger partial charge in [-0.2, -0.15) is 5.26 Å². The molecular formula is C9H10N2O4S. The van der Waals surface area contributed by atoms with Gasteiger partial charge >= 0.3 is 0 Å². The average Bonchev–Trinajstić information content (AvgIpc) is 2.26. The van der Waals surface area contributed by atoms with Gasteiger partial charge in [-0.1, -0.05) is 12.1 Å². The summed E-state index contributed by atoms with van der Waals surface area (Å²) in [6.45, 7) is 0. The van der Waals surface area contributed by atoms with Crippen LogP contribution in [0, 0.1) is 11.3 Å². The van der Waals surface area contributed by atoms with E-state index in [1.807, 2.05) is 0 Å². The van der Waals surface area contributed by atoms with Crippen LogP contribution in [0.4, 0.5) is 0 Å². The molecule has 1 rings (SSSR count). The van der Waals surface area contributed by atoms with Crippen LogP contribution in [0.15, 0.2) is 29.2 Å². The minimum Gasteiger partial charge on any atom is -0.385 e. The molecule has 0 aliphatic heterocycles. The largest absolute Gasteiger partial charge is 0.385 e. The summed E-state index contributed by atoms with van der Waals surface area (Å²) in [5, 5.41) is 31.8. The van der Waals surface area contributed by atoms with E-state index >= 15 is 0 Å². The van der Waals surface area contributed by atoms with Crippen LogP contribution in [0.5, 0.6) is 0 Å². The number of nitrogens with zero attached hydrogens (tertiary/aromatic N) is 1. The molecule has 1 aromatic carbocycles. The van der Waals surface area contributed by atoms with Gasteiger partial charge in [0.2, 0.25) is 10.0 Å². The molecule has 0 bridgehead atoms. The Morgan fingerprint density at radius 3 is 2.50 bits per heavy atom. The van der Waals surface area contributed by atoms with E-state index in [1.54, 1.807) is 0 Å². The SMILES string of the molecule is N#CC(O)C(O)c1cccc(S(N)(=O)=O)c1. The van der Waals surface area contributed by atoms with Crippen LogP contribution >= 0.6 is 0 Å². The number of primary sulfonamides is 1. The Morgan fingerprint density at radius 1 is 1.38 bits per heavy atom. The first-order valence-corrected chi connectivity index (χ1v) is 5.79. The average molecular weight is 242 g/mol. The van der Waals surface area contributed by atoms with Crippen molar-refractivity contribution in [3.63, 3.8) is 0 Å². The molecule has 0 saturated carbocycles. The Hall–Kier alpha value is -1.46. The second-order valence-corrected chi connectivity index (χ2v) is 4.70. The lowest BCUT2D eigenvalue weighted by Crippen LogP contribution is -2.17. The van der Waals surface area contributed by atoms with E-state index in [9.17, 15) is 13.5 Å². The van der Waals surface area contributed by atoms with Crippen LogP contribution in [0.25, 0.3) is 0 Å². The smallest absolute Gasteiger partial charge is 0.238 e. The predicted molar refractivity (Wildman–Crippen MR) is 54.4 cm³/mol. The molecule has 16 heavy (non-hydrogen) atoms. The molecule has 0 spiro atoms. The van der Waals surface area contributed by atoms with Gasteiger partial charge in [0, 0.05) is 0 Å². The third-order valence-corrected chi connectivity index (χ3v) is 2.87. The van der Waals surface area contributed by atoms with Crippen molar-refractivity contribution < 1.29 is 18.6 Å². The zero-order valence-electron chi connectivity index (χ0n) is 8.11. The summed E-state index contributed by atoms with van der Waals surface area (Å²) in [6.07, 6.45) is -3.08. The minimum atomic E-state index is -3.87. The van der Waals surface area contributed by atoms with Crippen molar-refractivity contribution in [3.05, 3.63) is 29.8 Å². The van der Waals surface area contributed by atoms with Gasteiger partial charge in [-0.15, -0.1) is 0 Å². The number of nitriles is 1. The number of sulfonamides is 1. The molecule has 2 atom stereocenters. The van der Waals surface area contributed by atoms with Crippen molar-refractivity contribution in [2.75, 3.05) is 0 Å². The van der Waals surface area contributed by atoms with E-state index in [0.717, 1.165) is 6.07 Å². The van der Waals surface area contributed by atoms with Crippen molar-refractivity contribution >= 4 is 10.0 Å². The zero-order valence-corrected chi connectivity index (χ0v) is 8.92. The standard InChI is InChI=1S/C9H10N2O4S/c10-5-8(12)9(13)6-2-1-3-7(4-6)16(11,14)15/h1-4,8-9,12-13H,(H2,11,14,15). The summed E-state index contributed by atoms with van der Waals surface area (Å²) in [4.78, 5) is -0.186. The molecule has 86 valence electrons. The molecule has 0 saturated heterocycles. The maximum absolute atomic E-state index is 11.0. The molecule has 0 aliphatic carbocycles. The van der Waals surface area contributed by atoms with E-state index < -0.39 is 22.2 Å². The maximum Gasteiger partial charge on any atom is 0.238 e. The Balaban J connectivity index is 3.15. The topological polar surface area (TPSA) is 124 Å². The van der Waals surface area contributed by atoms with Crippen molar-refractivity contribution in [2.45, 2.75) is 17.1 Å². The number of benzene rings is 1. The highest BCUT2D eigenvalue weighted by atomic mass is 32.2. The molecule has 1 aromatic rings. The summed E-state index contributed by atoms with van der Waals surface area (Å²) in [5.41, 5.74) is 0.112.